The predicted octanol–water partition coefficient (Wildman–Crippen LogP) is 8.04. The summed E-state index contributed by atoms with van der Waals surface area (Å²) in [6.07, 6.45) is 1.82. The first-order chi connectivity index (χ1) is 18.8. The SMILES string of the molecule is [Ir].[Y].[c-]1cccc2ccc3cccnc3c12.[c-]1ccccc1-c1[c-]c2c([c-]c1)-c1nc3ccccc3cc1OC2. The second kappa shape index (κ2) is 12.5. The van der Waals surface area contributed by atoms with Gasteiger partial charge >= 0.3 is 0 Å². The largest absolute Gasteiger partial charge is 0.508 e. The van der Waals surface area contributed by atoms with Gasteiger partial charge in [-0.05, 0) is 34.8 Å². The molecule has 0 N–H and O–H groups in total. The second-order valence-electron chi connectivity index (χ2n) is 9.05. The molecule has 0 aliphatic carbocycles. The van der Waals surface area contributed by atoms with E-state index in [4.69, 9.17) is 9.72 Å². The van der Waals surface area contributed by atoms with Crippen LogP contribution in [0.3, 0.4) is 0 Å². The van der Waals surface area contributed by atoms with Crippen molar-refractivity contribution >= 4 is 32.6 Å². The molecule has 3 heterocycles. The smallest absolute Gasteiger partial charge is 0.0943 e. The van der Waals surface area contributed by atoms with E-state index in [1.165, 1.54) is 10.8 Å². The Labute approximate surface area is 271 Å². The van der Waals surface area contributed by atoms with Crippen LogP contribution in [-0.4, -0.2) is 9.97 Å². The number of para-hydroxylation sites is 1. The van der Waals surface area contributed by atoms with E-state index in [1.807, 2.05) is 85.1 Å². The molecule has 192 valence electrons. The summed E-state index contributed by atoms with van der Waals surface area (Å²) in [5.74, 6) is 0.810. The Kier molecular flexibility index (Phi) is 8.83. The Morgan fingerprint density at radius 1 is 0.725 bits per heavy atom. The Hall–Kier alpha value is -3.27. The third kappa shape index (κ3) is 5.50. The normalized spacial score (nSPS) is 11.2. The van der Waals surface area contributed by atoms with E-state index in [0.717, 1.165) is 55.5 Å². The van der Waals surface area contributed by atoms with Crippen molar-refractivity contribution in [1.82, 2.24) is 9.97 Å². The number of nitrogens with zero attached hydrogens (tertiary/aromatic N) is 2. The molecule has 7 aromatic rings. The number of rotatable bonds is 1. The molecule has 3 nitrogen and oxygen atoms in total. The van der Waals surface area contributed by atoms with E-state index < -0.39 is 0 Å². The molecule has 5 aromatic carbocycles. The molecule has 5 heteroatoms. The summed E-state index contributed by atoms with van der Waals surface area (Å²) in [7, 11) is 0. The van der Waals surface area contributed by atoms with E-state index in [2.05, 4.69) is 53.5 Å². The standard InChI is InChI=1S/C22H12NO.C13H8N.Ir.Y/c1-2-6-15(7-3-1)16-10-11-19-18(12-16)14-24-21-13-17-8-4-5-9-20(17)23-22(19)21;1-2-6-12-10(4-1)7-8-11-5-3-9-14-13(11)12;;/h1-6,8-10,13H,14H2;1-5,7-9H;;/q-3;-1;;. The van der Waals surface area contributed by atoms with Crippen LogP contribution in [0.25, 0.3) is 55.0 Å². The van der Waals surface area contributed by atoms with Gasteiger partial charge in [0.25, 0.3) is 0 Å². The first-order valence-corrected chi connectivity index (χ1v) is 12.4. The van der Waals surface area contributed by atoms with Crippen LogP contribution < -0.4 is 4.74 Å². The van der Waals surface area contributed by atoms with Crippen LogP contribution >= 0.6 is 0 Å². The van der Waals surface area contributed by atoms with Crippen LogP contribution in [0.2, 0.25) is 0 Å². The minimum atomic E-state index is 0. The quantitative estimate of drug-likeness (QED) is 0.126. The van der Waals surface area contributed by atoms with E-state index in [1.54, 1.807) is 0 Å². The van der Waals surface area contributed by atoms with Crippen LogP contribution in [0.1, 0.15) is 5.56 Å². The van der Waals surface area contributed by atoms with Crippen LogP contribution in [-0.2, 0) is 59.4 Å². The molecule has 0 saturated heterocycles. The van der Waals surface area contributed by atoms with Crippen molar-refractivity contribution in [2.75, 3.05) is 0 Å². The second-order valence-corrected chi connectivity index (χ2v) is 9.05. The monoisotopic (exact) mass is 766 g/mol. The number of hydrogen-bond acceptors (Lipinski definition) is 3. The van der Waals surface area contributed by atoms with Gasteiger partial charge in [-0.2, -0.15) is 35.4 Å². The third-order valence-electron chi connectivity index (χ3n) is 6.65. The predicted molar refractivity (Wildman–Crippen MR) is 152 cm³/mol. The van der Waals surface area contributed by atoms with Crippen molar-refractivity contribution in [3.8, 4) is 28.1 Å². The molecule has 0 atom stereocenters. The molecule has 0 saturated carbocycles. The van der Waals surface area contributed by atoms with Gasteiger partial charge in [0.1, 0.15) is 0 Å². The number of fused-ring (bicyclic) bond motifs is 7. The molecule has 1 aliphatic rings. The van der Waals surface area contributed by atoms with Gasteiger partial charge in [-0.3, -0.25) is 0 Å². The van der Waals surface area contributed by atoms with Crippen LogP contribution in [0.15, 0.2) is 109 Å². The minimum Gasteiger partial charge on any atom is -0.508 e. The summed E-state index contributed by atoms with van der Waals surface area (Å²) in [4.78, 5) is 9.15. The molecule has 2 aromatic heterocycles. The fraction of sp³-hybridized carbons (Fsp3) is 0.0286. The molecule has 0 bridgehead atoms. The van der Waals surface area contributed by atoms with Crippen LogP contribution in [0.5, 0.6) is 5.75 Å². The number of ether oxygens (including phenoxy) is 1. The number of pyridine rings is 2. The van der Waals surface area contributed by atoms with Gasteiger partial charge in [0.15, 0.2) is 0 Å². The average Bonchev–Trinajstić information content (AvgIpc) is 3.00. The topological polar surface area (TPSA) is 35.0 Å². The van der Waals surface area contributed by atoms with Gasteiger partial charge in [0, 0.05) is 64.4 Å². The maximum Gasteiger partial charge on any atom is 0.0943 e. The van der Waals surface area contributed by atoms with Gasteiger partial charge in [0.05, 0.1) is 17.9 Å². The fourth-order valence-corrected chi connectivity index (χ4v) is 4.79. The van der Waals surface area contributed by atoms with E-state index in [9.17, 15) is 0 Å². The van der Waals surface area contributed by atoms with Crippen molar-refractivity contribution in [3.63, 3.8) is 0 Å². The van der Waals surface area contributed by atoms with Gasteiger partial charge in [-0.1, -0.05) is 36.4 Å². The van der Waals surface area contributed by atoms with Crippen molar-refractivity contribution in [2.45, 2.75) is 6.61 Å². The Bertz CT molecular complexity index is 1890. The summed E-state index contributed by atoms with van der Waals surface area (Å²) in [5.41, 5.74) is 6.78. The first kappa shape index (κ1) is 28.3. The summed E-state index contributed by atoms with van der Waals surface area (Å²) in [6, 6.07) is 47.5. The van der Waals surface area contributed by atoms with Crippen molar-refractivity contribution in [3.05, 3.63) is 139 Å². The Morgan fingerprint density at radius 2 is 1.52 bits per heavy atom. The zero-order valence-electron chi connectivity index (χ0n) is 21.3. The Morgan fingerprint density at radius 3 is 2.42 bits per heavy atom. The maximum atomic E-state index is 5.92. The minimum absolute atomic E-state index is 0. The summed E-state index contributed by atoms with van der Waals surface area (Å²) < 4.78 is 5.92. The van der Waals surface area contributed by atoms with E-state index >= 15 is 0 Å². The molecular weight excluding hydrogens is 746 g/mol. The number of aromatic nitrogens is 2. The average molecular weight is 766 g/mol. The fourth-order valence-electron chi connectivity index (χ4n) is 4.79. The van der Waals surface area contributed by atoms with Crippen molar-refractivity contribution < 1.29 is 57.6 Å². The molecule has 0 spiro atoms. The summed E-state index contributed by atoms with van der Waals surface area (Å²) in [5, 5.41) is 4.55. The van der Waals surface area contributed by atoms with Gasteiger partial charge in [0.2, 0.25) is 0 Å². The maximum absolute atomic E-state index is 5.92. The van der Waals surface area contributed by atoms with Gasteiger partial charge in [-0.15, -0.1) is 41.1 Å². The van der Waals surface area contributed by atoms with Crippen LogP contribution in [0, 0.1) is 24.3 Å². The molecule has 1 aliphatic heterocycles. The van der Waals surface area contributed by atoms with Crippen molar-refractivity contribution in [1.29, 1.82) is 0 Å². The van der Waals surface area contributed by atoms with E-state index in [-0.39, 0.29) is 52.8 Å². The number of benzene rings is 5. The molecule has 40 heavy (non-hydrogen) atoms. The molecule has 0 fully saturated rings. The number of hydrogen-bond donors (Lipinski definition) is 0. The molecule has 8 rings (SSSR count). The third-order valence-corrected chi connectivity index (χ3v) is 6.65. The molecule has 2 radical (unpaired) electrons. The molecule has 0 unspecified atom stereocenters. The van der Waals surface area contributed by atoms with E-state index in [0.29, 0.717) is 6.61 Å². The van der Waals surface area contributed by atoms with Gasteiger partial charge < -0.3 is 14.7 Å². The first-order valence-electron chi connectivity index (χ1n) is 12.4. The van der Waals surface area contributed by atoms with Gasteiger partial charge in [-0.25, -0.2) is 29.3 Å². The Balaban J connectivity index is 0.000000173. The summed E-state index contributed by atoms with van der Waals surface area (Å²) in [6.45, 7) is 0.486. The molecule has 0 amide bonds. The van der Waals surface area contributed by atoms with Crippen LogP contribution in [0.4, 0.5) is 0 Å². The molecular formula is C35H20IrN2OY-4. The zero-order valence-corrected chi connectivity index (χ0v) is 26.5. The summed E-state index contributed by atoms with van der Waals surface area (Å²) >= 11 is 0. The van der Waals surface area contributed by atoms with Crippen molar-refractivity contribution in [2.24, 2.45) is 0 Å². The zero-order chi connectivity index (χ0) is 25.3.